The van der Waals surface area contributed by atoms with E-state index >= 15 is 0 Å². The summed E-state index contributed by atoms with van der Waals surface area (Å²) < 4.78 is 0. The van der Waals surface area contributed by atoms with Crippen LogP contribution in [-0.2, 0) is 24.0 Å². The van der Waals surface area contributed by atoms with E-state index in [9.17, 15) is 24.0 Å². The van der Waals surface area contributed by atoms with Gasteiger partial charge in [0, 0.05) is 6.92 Å². The standard InChI is InChI=1S/C14H23N3O7/c1-7(2)6-15-9(4-11(19)20)13(23)17-10(5-12(21)22)14(24)16-8(3)18/h7,9-10,15H,4-6H2,1-3H3,(H,17,23)(H,19,20)(H,21,22)(H,16,18,24)/t9-,10-/m0/s1. The van der Waals surface area contributed by atoms with Gasteiger partial charge in [0.25, 0.3) is 0 Å². The largest absolute Gasteiger partial charge is 0.481 e. The zero-order chi connectivity index (χ0) is 18.9. The zero-order valence-corrected chi connectivity index (χ0v) is 13.8. The Labute approximate surface area is 139 Å². The molecule has 0 aromatic rings. The van der Waals surface area contributed by atoms with Gasteiger partial charge in [-0.2, -0.15) is 0 Å². The molecule has 0 saturated heterocycles. The van der Waals surface area contributed by atoms with Crippen molar-refractivity contribution >= 4 is 29.7 Å². The van der Waals surface area contributed by atoms with Crippen LogP contribution in [0.15, 0.2) is 0 Å². The summed E-state index contributed by atoms with van der Waals surface area (Å²) in [6, 6.07) is -2.62. The van der Waals surface area contributed by atoms with Crippen LogP contribution >= 0.6 is 0 Å². The molecule has 0 rings (SSSR count). The van der Waals surface area contributed by atoms with Crippen molar-refractivity contribution in [3.8, 4) is 0 Å². The highest BCUT2D eigenvalue weighted by atomic mass is 16.4. The first-order chi connectivity index (χ1) is 11.0. The van der Waals surface area contributed by atoms with E-state index in [1.165, 1.54) is 0 Å². The van der Waals surface area contributed by atoms with Crippen molar-refractivity contribution in [1.29, 1.82) is 0 Å². The summed E-state index contributed by atoms with van der Waals surface area (Å²) in [7, 11) is 0. The van der Waals surface area contributed by atoms with E-state index in [1.54, 1.807) is 0 Å². The topological polar surface area (TPSA) is 162 Å². The molecule has 24 heavy (non-hydrogen) atoms. The van der Waals surface area contributed by atoms with Crippen LogP contribution in [-0.4, -0.2) is 58.5 Å². The van der Waals surface area contributed by atoms with Crippen molar-refractivity contribution in [3.05, 3.63) is 0 Å². The molecular weight excluding hydrogens is 322 g/mol. The van der Waals surface area contributed by atoms with Gasteiger partial charge in [-0.05, 0) is 12.5 Å². The van der Waals surface area contributed by atoms with E-state index in [4.69, 9.17) is 10.2 Å². The summed E-state index contributed by atoms with van der Waals surface area (Å²) in [4.78, 5) is 56.6. The molecule has 0 fully saturated rings. The number of imide groups is 1. The van der Waals surface area contributed by atoms with Gasteiger partial charge in [0.2, 0.25) is 17.7 Å². The number of nitrogens with one attached hydrogen (secondary N) is 3. The second kappa shape index (κ2) is 10.3. The lowest BCUT2D eigenvalue weighted by Crippen LogP contribution is -2.54. The van der Waals surface area contributed by atoms with Crippen LogP contribution in [0.4, 0.5) is 0 Å². The van der Waals surface area contributed by atoms with Gasteiger partial charge in [-0.25, -0.2) is 0 Å². The van der Waals surface area contributed by atoms with Gasteiger partial charge in [-0.1, -0.05) is 13.8 Å². The van der Waals surface area contributed by atoms with E-state index < -0.39 is 54.6 Å². The maximum Gasteiger partial charge on any atom is 0.305 e. The van der Waals surface area contributed by atoms with Crippen LogP contribution < -0.4 is 16.0 Å². The Morgan fingerprint density at radius 2 is 1.38 bits per heavy atom. The average Bonchev–Trinajstić information content (AvgIpc) is 2.40. The Kier molecular flexibility index (Phi) is 9.25. The predicted octanol–water partition coefficient (Wildman–Crippen LogP) is -1.30. The molecule has 0 aliphatic rings. The maximum absolute atomic E-state index is 12.2. The minimum Gasteiger partial charge on any atom is -0.481 e. The van der Waals surface area contributed by atoms with Crippen molar-refractivity contribution in [2.45, 2.75) is 45.7 Å². The summed E-state index contributed by atoms with van der Waals surface area (Å²) in [6.45, 7) is 5.14. The average molecular weight is 345 g/mol. The van der Waals surface area contributed by atoms with Crippen molar-refractivity contribution in [2.75, 3.05) is 6.54 Å². The molecule has 2 atom stereocenters. The second-order valence-corrected chi connectivity index (χ2v) is 5.66. The third-order valence-electron chi connectivity index (χ3n) is 2.78. The van der Waals surface area contributed by atoms with Gasteiger partial charge >= 0.3 is 11.9 Å². The summed E-state index contributed by atoms with van der Waals surface area (Å²) in [5, 5.41) is 24.5. The molecule has 0 heterocycles. The van der Waals surface area contributed by atoms with Gasteiger partial charge in [-0.3, -0.25) is 29.3 Å². The SMILES string of the molecule is CC(=O)NC(=O)[C@H](CC(=O)O)NC(=O)[C@H](CC(=O)O)NCC(C)C. The quantitative estimate of drug-likeness (QED) is 0.326. The fourth-order valence-electron chi connectivity index (χ4n) is 1.73. The van der Waals surface area contributed by atoms with Crippen molar-refractivity contribution < 1.29 is 34.2 Å². The Morgan fingerprint density at radius 3 is 1.79 bits per heavy atom. The highest BCUT2D eigenvalue weighted by Crippen LogP contribution is 2.00. The molecular formula is C14H23N3O7. The zero-order valence-electron chi connectivity index (χ0n) is 13.8. The summed E-state index contributed by atoms with van der Waals surface area (Å²) in [5.41, 5.74) is 0. The van der Waals surface area contributed by atoms with Crippen LogP contribution in [0.25, 0.3) is 0 Å². The van der Waals surface area contributed by atoms with Crippen molar-refractivity contribution in [3.63, 3.8) is 0 Å². The molecule has 5 N–H and O–H groups in total. The first-order valence-electron chi connectivity index (χ1n) is 7.31. The molecule has 0 bridgehead atoms. The normalized spacial score (nSPS) is 13.0. The monoisotopic (exact) mass is 345 g/mol. The minimum absolute atomic E-state index is 0.143. The molecule has 0 saturated carbocycles. The molecule has 0 radical (unpaired) electrons. The second-order valence-electron chi connectivity index (χ2n) is 5.66. The Balaban J connectivity index is 5.05. The molecule has 0 aromatic carbocycles. The van der Waals surface area contributed by atoms with Crippen LogP contribution in [0, 0.1) is 5.92 Å². The number of aliphatic carboxylic acids is 2. The van der Waals surface area contributed by atoms with E-state index in [0.29, 0.717) is 6.54 Å². The summed E-state index contributed by atoms with van der Waals surface area (Å²) in [5.74, 6) is -4.95. The molecule has 0 aliphatic carbocycles. The van der Waals surface area contributed by atoms with Gasteiger partial charge in [0.05, 0.1) is 18.9 Å². The third kappa shape index (κ3) is 9.51. The summed E-state index contributed by atoms with van der Waals surface area (Å²) in [6.07, 6.45) is -1.28. The number of carboxylic acids is 2. The Bertz CT molecular complexity index is 505. The maximum atomic E-state index is 12.2. The van der Waals surface area contributed by atoms with Gasteiger partial charge < -0.3 is 20.8 Å². The molecule has 0 aromatic heterocycles. The third-order valence-corrected chi connectivity index (χ3v) is 2.78. The van der Waals surface area contributed by atoms with Gasteiger partial charge in [0.15, 0.2) is 0 Å². The number of carboxylic acid groups (broad SMARTS) is 2. The van der Waals surface area contributed by atoms with Crippen LogP contribution in [0.5, 0.6) is 0 Å². The fraction of sp³-hybridized carbons (Fsp3) is 0.643. The minimum atomic E-state index is -1.49. The molecule has 0 aliphatic heterocycles. The Morgan fingerprint density at radius 1 is 0.875 bits per heavy atom. The van der Waals surface area contributed by atoms with Crippen molar-refractivity contribution in [2.24, 2.45) is 5.92 Å². The fourth-order valence-corrected chi connectivity index (χ4v) is 1.73. The number of rotatable bonds is 10. The van der Waals surface area contributed by atoms with E-state index in [2.05, 4.69) is 10.6 Å². The number of carbonyl (C=O) groups excluding carboxylic acids is 3. The van der Waals surface area contributed by atoms with Crippen molar-refractivity contribution in [1.82, 2.24) is 16.0 Å². The molecule has 0 spiro atoms. The number of hydrogen-bond acceptors (Lipinski definition) is 6. The molecule has 10 heteroatoms. The predicted molar refractivity (Wildman–Crippen MR) is 81.9 cm³/mol. The molecule has 3 amide bonds. The molecule has 136 valence electrons. The lowest BCUT2D eigenvalue weighted by molar-refractivity contribution is -0.143. The van der Waals surface area contributed by atoms with Crippen LogP contribution in [0.1, 0.15) is 33.6 Å². The highest BCUT2D eigenvalue weighted by molar-refractivity contribution is 6.00. The molecule has 0 unspecified atom stereocenters. The number of hydrogen-bond donors (Lipinski definition) is 5. The van der Waals surface area contributed by atoms with E-state index in [1.807, 2.05) is 19.2 Å². The first-order valence-corrected chi connectivity index (χ1v) is 7.31. The van der Waals surface area contributed by atoms with Gasteiger partial charge in [-0.15, -0.1) is 0 Å². The van der Waals surface area contributed by atoms with Crippen LogP contribution in [0.3, 0.4) is 0 Å². The highest BCUT2D eigenvalue weighted by Gasteiger charge is 2.29. The summed E-state index contributed by atoms with van der Waals surface area (Å²) >= 11 is 0. The smallest absolute Gasteiger partial charge is 0.305 e. The lowest BCUT2D eigenvalue weighted by atomic mass is 10.1. The van der Waals surface area contributed by atoms with Gasteiger partial charge in [0.1, 0.15) is 6.04 Å². The molecule has 10 nitrogen and oxygen atoms in total. The first kappa shape index (κ1) is 21.5. The lowest BCUT2D eigenvalue weighted by Gasteiger charge is -2.21. The number of amides is 3. The number of carbonyl (C=O) groups is 5. The van der Waals surface area contributed by atoms with E-state index in [-0.39, 0.29) is 5.92 Å². The van der Waals surface area contributed by atoms with Crippen LogP contribution in [0.2, 0.25) is 0 Å². The van der Waals surface area contributed by atoms with E-state index in [0.717, 1.165) is 6.92 Å². The Hall–Kier alpha value is -2.49.